The van der Waals surface area contributed by atoms with E-state index in [4.69, 9.17) is 21.1 Å². The number of rotatable bonds is 13. The number of hydrogen-bond acceptors (Lipinski definition) is 4. The van der Waals surface area contributed by atoms with Crippen molar-refractivity contribution >= 4 is 23.4 Å². The van der Waals surface area contributed by atoms with E-state index >= 15 is 0 Å². The fourth-order valence-corrected chi connectivity index (χ4v) is 3.77. The zero-order valence-electron chi connectivity index (χ0n) is 20.0. The standard InChI is InChI=1S/C26H35ClN2O4/c1-5-7-16-28-26(31)22(6-2)29(18-20-8-12-21(27)13-9-20)25(30)15-11-19-10-14-23(32-3)24(17-19)33-4/h8-10,12-14,17,22H,5-7,11,15-16,18H2,1-4H3,(H,28,31)/t22-/m0/s1. The van der Waals surface area contributed by atoms with Crippen molar-refractivity contribution in [2.75, 3.05) is 20.8 Å². The van der Waals surface area contributed by atoms with Crippen LogP contribution in [0.5, 0.6) is 11.5 Å². The van der Waals surface area contributed by atoms with E-state index in [1.54, 1.807) is 31.3 Å². The molecule has 2 rings (SSSR count). The topological polar surface area (TPSA) is 67.9 Å². The van der Waals surface area contributed by atoms with Gasteiger partial charge < -0.3 is 19.7 Å². The van der Waals surface area contributed by atoms with E-state index in [0.717, 1.165) is 24.0 Å². The first-order chi connectivity index (χ1) is 15.9. The summed E-state index contributed by atoms with van der Waals surface area (Å²) in [6, 6.07) is 12.5. The normalized spacial score (nSPS) is 11.5. The molecule has 2 aromatic rings. The lowest BCUT2D eigenvalue weighted by Crippen LogP contribution is -2.49. The number of nitrogens with one attached hydrogen (secondary N) is 1. The van der Waals surface area contributed by atoms with Crippen molar-refractivity contribution in [3.8, 4) is 11.5 Å². The van der Waals surface area contributed by atoms with Crippen LogP contribution in [0, 0.1) is 0 Å². The Bertz CT molecular complexity index is 902. The van der Waals surface area contributed by atoms with Crippen LogP contribution >= 0.6 is 11.6 Å². The fourth-order valence-electron chi connectivity index (χ4n) is 3.64. The number of nitrogens with zero attached hydrogens (tertiary/aromatic N) is 1. The van der Waals surface area contributed by atoms with Gasteiger partial charge in [-0.3, -0.25) is 9.59 Å². The second kappa shape index (κ2) is 13.7. The van der Waals surface area contributed by atoms with Crippen LogP contribution < -0.4 is 14.8 Å². The van der Waals surface area contributed by atoms with Crippen molar-refractivity contribution in [2.24, 2.45) is 0 Å². The van der Waals surface area contributed by atoms with Crippen LogP contribution in [0.3, 0.4) is 0 Å². The molecule has 180 valence electrons. The van der Waals surface area contributed by atoms with Crippen LogP contribution in [0.25, 0.3) is 0 Å². The van der Waals surface area contributed by atoms with E-state index < -0.39 is 6.04 Å². The van der Waals surface area contributed by atoms with Crippen molar-refractivity contribution < 1.29 is 19.1 Å². The molecule has 1 atom stereocenters. The first kappa shape index (κ1) is 26.5. The summed E-state index contributed by atoms with van der Waals surface area (Å²) in [5, 5.41) is 3.62. The number of unbranched alkanes of at least 4 members (excludes halogenated alkanes) is 1. The van der Waals surface area contributed by atoms with E-state index in [9.17, 15) is 9.59 Å². The highest BCUT2D eigenvalue weighted by Crippen LogP contribution is 2.28. The van der Waals surface area contributed by atoms with Crippen molar-refractivity contribution in [1.82, 2.24) is 10.2 Å². The highest BCUT2D eigenvalue weighted by molar-refractivity contribution is 6.30. The Morgan fingerprint density at radius 2 is 1.67 bits per heavy atom. The maximum atomic E-state index is 13.4. The Morgan fingerprint density at radius 1 is 1.00 bits per heavy atom. The second-order valence-electron chi connectivity index (χ2n) is 7.91. The van der Waals surface area contributed by atoms with E-state index in [-0.39, 0.29) is 18.2 Å². The lowest BCUT2D eigenvalue weighted by atomic mass is 10.1. The van der Waals surface area contributed by atoms with E-state index in [0.29, 0.717) is 42.5 Å². The Labute approximate surface area is 202 Å². The Kier molecular flexibility index (Phi) is 11.0. The third-order valence-corrected chi connectivity index (χ3v) is 5.81. The number of carbonyl (C=O) groups is 2. The molecule has 7 heteroatoms. The number of amides is 2. The Balaban J connectivity index is 2.19. The van der Waals surface area contributed by atoms with Gasteiger partial charge in [0.25, 0.3) is 0 Å². The number of benzene rings is 2. The minimum absolute atomic E-state index is 0.0720. The second-order valence-corrected chi connectivity index (χ2v) is 8.34. The van der Waals surface area contributed by atoms with Crippen LogP contribution in [0.15, 0.2) is 42.5 Å². The van der Waals surface area contributed by atoms with E-state index in [1.807, 2.05) is 37.3 Å². The smallest absolute Gasteiger partial charge is 0.242 e. The van der Waals surface area contributed by atoms with Gasteiger partial charge in [-0.15, -0.1) is 0 Å². The van der Waals surface area contributed by atoms with E-state index in [1.165, 1.54) is 0 Å². The molecule has 0 aliphatic heterocycles. The van der Waals surface area contributed by atoms with E-state index in [2.05, 4.69) is 12.2 Å². The summed E-state index contributed by atoms with van der Waals surface area (Å²) in [7, 11) is 3.18. The molecule has 0 aliphatic carbocycles. The molecule has 2 aromatic carbocycles. The van der Waals surface area contributed by atoms with Gasteiger partial charge in [-0.1, -0.05) is 50.1 Å². The monoisotopic (exact) mass is 474 g/mol. The summed E-state index contributed by atoms with van der Waals surface area (Å²) < 4.78 is 10.7. The molecule has 0 aromatic heterocycles. The van der Waals surface area contributed by atoms with Gasteiger partial charge in [0.05, 0.1) is 14.2 Å². The van der Waals surface area contributed by atoms with Crippen molar-refractivity contribution in [1.29, 1.82) is 0 Å². The summed E-state index contributed by atoms with van der Waals surface area (Å²) in [5.41, 5.74) is 1.89. The molecule has 0 unspecified atom stereocenters. The number of halogens is 1. The molecule has 0 aliphatic rings. The molecule has 0 heterocycles. The van der Waals surface area contributed by atoms with Crippen molar-refractivity contribution in [3.05, 3.63) is 58.6 Å². The van der Waals surface area contributed by atoms with Crippen LogP contribution in [0.4, 0.5) is 0 Å². The van der Waals surface area contributed by atoms with Crippen LogP contribution in [-0.4, -0.2) is 43.5 Å². The molecule has 2 amide bonds. The minimum Gasteiger partial charge on any atom is -0.493 e. The lowest BCUT2D eigenvalue weighted by Gasteiger charge is -2.31. The predicted octanol–water partition coefficient (Wildman–Crippen LogP) is 5.01. The van der Waals surface area contributed by atoms with Crippen molar-refractivity contribution in [2.45, 2.75) is 58.5 Å². The number of aryl methyl sites for hydroxylation is 1. The molecule has 0 spiro atoms. The van der Waals surface area contributed by atoms with Gasteiger partial charge in [-0.05, 0) is 54.7 Å². The Hall–Kier alpha value is -2.73. The average Bonchev–Trinajstić information content (AvgIpc) is 2.83. The SMILES string of the molecule is CCCCNC(=O)[C@H](CC)N(Cc1ccc(Cl)cc1)C(=O)CCc1ccc(OC)c(OC)c1. The lowest BCUT2D eigenvalue weighted by molar-refractivity contribution is -0.141. The zero-order valence-corrected chi connectivity index (χ0v) is 20.8. The zero-order chi connectivity index (χ0) is 24.2. The molecule has 0 bridgehead atoms. The largest absolute Gasteiger partial charge is 0.493 e. The summed E-state index contributed by atoms with van der Waals surface area (Å²) in [4.78, 5) is 28.0. The summed E-state index contributed by atoms with van der Waals surface area (Å²) in [5.74, 6) is 1.09. The van der Waals surface area contributed by atoms with Gasteiger partial charge in [0.15, 0.2) is 11.5 Å². The highest BCUT2D eigenvalue weighted by Gasteiger charge is 2.28. The first-order valence-corrected chi connectivity index (χ1v) is 11.8. The maximum absolute atomic E-state index is 13.4. The van der Waals surface area contributed by atoms with Crippen molar-refractivity contribution in [3.63, 3.8) is 0 Å². The molecule has 33 heavy (non-hydrogen) atoms. The quantitative estimate of drug-likeness (QED) is 0.414. The van der Waals surface area contributed by atoms with Gasteiger partial charge >= 0.3 is 0 Å². The highest BCUT2D eigenvalue weighted by atomic mass is 35.5. The summed E-state index contributed by atoms with van der Waals surface area (Å²) in [6.45, 7) is 4.97. The number of ether oxygens (including phenoxy) is 2. The average molecular weight is 475 g/mol. The molecule has 0 saturated heterocycles. The molecule has 1 N–H and O–H groups in total. The number of hydrogen-bond donors (Lipinski definition) is 1. The van der Waals surface area contributed by atoms with Crippen LogP contribution in [-0.2, 0) is 22.6 Å². The number of carbonyl (C=O) groups excluding carboxylic acids is 2. The molecule has 0 saturated carbocycles. The summed E-state index contributed by atoms with van der Waals surface area (Å²) in [6.07, 6.45) is 3.25. The molecular weight excluding hydrogens is 440 g/mol. The predicted molar refractivity (Wildman–Crippen MR) is 132 cm³/mol. The van der Waals surface area contributed by atoms with Crippen LogP contribution in [0.2, 0.25) is 5.02 Å². The van der Waals surface area contributed by atoms with Gasteiger partial charge in [-0.25, -0.2) is 0 Å². The maximum Gasteiger partial charge on any atom is 0.242 e. The minimum atomic E-state index is -0.532. The van der Waals surface area contributed by atoms with Gasteiger partial charge in [-0.2, -0.15) is 0 Å². The van der Waals surface area contributed by atoms with Gasteiger partial charge in [0.2, 0.25) is 11.8 Å². The fraction of sp³-hybridized carbons (Fsp3) is 0.462. The molecule has 0 fully saturated rings. The molecule has 0 radical (unpaired) electrons. The first-order valence-electron chi connectivity index (χ1n) is 11.5. The third kappa shape index (κ3) is 7.97. The molecular formula is C26H35ClN2O4. The van der Waals surface area contributed by atoms with Gasteiger partial charge in [0.1, 0.15) is 6.04 Å². The Morgan fingerprint density at radius 3 is 2.27 bits per heavy atom. The van der Waals surface area contributed by atoms with Crippen LogP contribution in [0.1, 0.15) is 50.7 Å². The molecule has 6 nitrogen and oxygen atoms in total. The number of methoxy groups -OCH3 is 2. The van der Waals surface area contributed by atoms with Gasteiger partial charge in [0, 0.05) is 24.5 Å². The summed E-state index contributed by atoms with van der Waals surface area (Å²) >= 11 is 6.02. The third-order valence-electron chi connectivity index (χ3n) is 5.56.